The summed E-state index contributed by atoms with van der Waals surface area (Å²) in [6.45, 7) is 2.51. The van der Waals surface area contributed by atoms with Gasteiger partial charge in [0.15, 0.2) is 0 Å². The van der Waals surface area contributed by atoms with Gasteiger partial charge >= 0.3 is 12.1 Å². The average Bonchev–Trinajstić information content (AvgIpc) is 3.08. The number of carboxylic acid groups (broad SMARTS) is 1. The number of alkyl carbamates (subject to hydrolysis) is 1. The summed E-state index contributed by atoms with van der Waals surface area (Å²) in [6, 6.07) is 15.0. The third-order valence-corrected chi connectivity index (χ3v) is 5.56. The molecule has 0 fully saturated rings. The lowest BCUT2D eigenvalue weighted by atomic mass is 9.98. The molecule has 1 aliphatic carbocycles. The summed E-state index contributed by atoms with van der Waals surface area (Å²) >= 11 is 0. The Morgan fingerprint density at radius 2 is 1.59 bits per heavy atom. The van der Waals surface area contributed by atoms with Gasteiger partial charge in [0.1, 0.15) is 19.2 Å². The molecule has 2 amide bonds. The second-order valence-corrected chi connectivity index (χ2v) is 8.07. The maximum Gasteiger partial charge on any atom is 0.407 e. The lowest BCUT2D eigenvalue weighted by Gasteiger charge is -2.28. The van der Waals surface area contributed by atoms with Crippen molar-refractivity contribution in [2.45, 2.75) is 25.8 Å². The number of aliphatic hydroxyl groups is 1. The van der Waals surface area contributed by atoms with E-state index in [-0.39, 0.29) is 31.6 Å². The lowest BCUT2D eigenvalue weighted by molar-refractivity contribution is -0.146. The summed E-state index contributed by atoms with van der Waals surface area (Å²) in [5, 5.41) is 20.8. The van der Waals surface area contributed by atoms with Crippen LogP contribution in [0.2, 0.25) is 0 Å². The van der Waals surface area contributed by atoms with Crippen LogP contribution in [0, 0.1) is 5.92 Å². The van der Waals surface area contributed by atoms with Gasteiger partial charge in [-0.1, -0.05) is 62.4 Å². The summed E-state index contributed by atoms with van der Waals surface area (Å²) in [6.07, 6.45) is -0.752. The van der Waals surface area contributed by atoms with Crippen LogP contribution in [0.3, 0.4) is 0 Å². The van der Waals surface area contributed by atoms with Crippen LogP contribution in [0.15, 0.2) is 48.5 Å². The normalized spacial score (nSPS) is 13.2. The zero-order chi connectivity index (χ0) is 23.3. The van der Waals surface area contributed by atoms with E-state index in [1.165, 1.54) is 0 Å². The number of carbonyl (C=O) groups excluding carboxylic acids is 2. The molecule has 0 saturated heterocycles. The van der Waals surface area contributed by atoms with Crippen LogP contribution < -0.4 is 5.32 Å². The van der Waals surface area contributed by atoms with Gasteiger partial charge < -0.3 is 25.2 Å². The number of hydrogen-bond donors (Lipinski definition) is 3. The van der Waals surface area contributed by atoms with Gasteiger partial charge in [-0.2, -0.15) is 0 Å². The Kier molecular flexibility index (Phi) is 7.48. The zero-order valence-electron chi connectivity index (χ0n) is 18.2. The van der Waals surface area contributed by atoms with Gasteiger partial charge in [-0.15, -0.1) is 0 Å². The van der Waals surface area contributed by atoms with Crippen LogP contribution in [0.5, 0.6) is 0 Å². The molecule has 2 aromatic carbocycles. The highest BCUT2D eigenvalue weighted by molar-refractivity contribution is 5.88. The minimum absolute atomic E-state index is 0.106. The Morgan fingerprint density at radius 3 is 2.09 bits per heavy atom. The Balaban J connectivity index is 1.69. The van der Waals surface area contributed by atoms with Gasteiger partial charge in [0.25, 0.3) is 0 Å². The van der Waals surface area contributed by atoms with E-state index in [1.54, 1.807) is 13.8 Å². The first-order valence-corrected chi connectivity index (χ1v) is 10.6. The second kappa shape index (κ2) is 10.3. The second-order valence-electron chi connectivity index (χ2n) is 8.07. The van der Waals surface area contributed by atoms with Crippen molar-refractivity contribution >= 4 is 18.0 Å². The fourth-order valence-electron chi connectivity index (χ4n) is 4.03. The van der Waals surface area contributed by atoms with Gasteiger partial charge in [-0.3, -0.25) is 9.59 Å². The van der Waals surface area contributed by atoms with Crippen molar-refractivity contribution in [1.29, 1.82) is 0 Å². The van der Waals surface area contributed by atoms with Gasteiger partial charge in [0.05, 0.1) is 6.61 Å². The van der Waals surface area contributed by atoms with Crippen molar-refractivity contribution in [2.75, 3.05) is 26.3 Å². The highest BCUT2D eigenvalue weighted by atomic mass is 16.5. The van der Waals surface area contributed by atoms with Gasteiger partial charge in [-0.05, 0) is 28.2 Å². The van der Waals surface area contributed by atoms with E-state index in [9.17, 15) is 14.4 Å². The molecule has 0 bridgehead atoms. The van der Waals surface area contributed by atoms with Crippen LogP contribution in [0.4, 0.5) is 4.79 Å². The Bertz CT molecular complexity index is 944. The number of aliphatic carboxylic acids is 1. The molecule has 1 unspecified atom stereocenters. The minimum atomic E-state index is -1.20. The standard InChI is InChI=1S/C24H28N2O6/c1-15(2)22(23(30)26(11-12-27)13-21(28)29)25-24(31)32-14-20-18-9-5-3-7-16(18)17-8-4-6-10-19(17)20/h3-10,15,20,22,27H,11-14H2,1-2H3,(H,25,31)(H,28,29). The molecule has 0 saturated carbocycles. The fraction of sp³-hybridized carbons (Fsp3) is 0.375. The molecular formula is C24H28N2O6. The number of fused-ring (bicyclic) bond motifs is 3. The first kappa shape index (κ1) is 23.3. The van der Waals surface area contributed by atoms with Gasteiger partial charge in [0.2, 0.25) is 5.91 Å². The summed E-state index contributed by atoms with van der Waals surface area (Å²) in [5.74, 6) is -2.20. The number of benzene rings is 2. The largest absolute Gasteiger partial charge is 0.480 e. The van der Waals surface area contributed by atoms with Crippen molar-refractivity contribution in [1.82, 2.24) is 10.2 Å². The Labute approximate surface area is 186 Å². The number of amides is 2. The number of hydrogen-bond acceptors (Lipinski definition) is 5. The SMILES string of the molecule is CC(C)C(NC(=O)OCC1c2ccccc2-c2ccccc21)C(=O)N(CCO)CC(=O)O. The molecule has 0 aliphatic heterocycles. The monoisotopic (exact) mass is 440 g/mol. The van der Waals surface area contributed by atoms with E-state index in [1.807, 2.05) is 48.5 Å². The predicted molar refractivity (Wildman–Crippen MR) is 118 cm³/mol. The quantitative estimate of drug-likeness (QED) is 0.552. The smallest absolute Gasteiger partial charge is 0.407 e. The molecule has 2 aromatic rings. The van der Waals surface area contributed by atoms with Gasteiger partial charge in [-0.25, -0.2) is 4.79 Å². The molecule has 32 heavy (non-hydrogen) atoms. The zero-order valence-corrected chi connectivity index (χ0v) is 18.2. The van der Waals surface area contributed by atoms with E-state index < -0.39 is 30.6 Å². The third kappa shape index (κ3) is 5.08. The molecule has 0 aromatic heterocycles. The maximum absolute atomic E-state index is 12.8. The van der Waals surface area contributed by atoms with Crippen molar-refractivity contribution in [3.8, 4) is 11.1 Å². The highest BCUT2D eigenvalue weighted by Gasteiger charge is 2.32. The number of nitrogens with one attached hydrogen (secondary N) is 1. The number of ether oxygens (including phenoxy) is 1. The number of carboxylic acids is 1. The Hall–Kier alpha value is -3.39. The molecule has 1 atom stereocenters. The van der Waals surface area contributed by atoms with Crippen molar-refractivity contribution in [3.05, 3.63) is 59.7 Å². The molecule has 1 aliphatic rings. The number of rotatable bonds is 9. The van der Waals surface area contributed by atoms with E-state index in [0.29, 0.717) is 0 Å². The van der Waals surface area contributed by atoms with Crippen molar-refractivity contribution < 1.29 is 29.3 Å². The van der Waals surface area contributed by atoms with Crippen molar-refractivity contribution in [3.63, 3.8) is 0 Å². The maximum atomic E-state index is 12.8. The molecular weight excluding hydrogens is 412 g/mol. The Morgan fingerprint density at radius 1 is 1.03 bits per heavy atom. The average molecular weight is 440 g/mol. The molecule has 3 rings (SSSR count). The van der Waals surface area contributed by atoms with Crippen molar-refractivity contribution in [2.24, 2.45) is 5.92 Å². The molecule has 3 N–H and O–H groups in total. The lowest BCUT2D eigenvalue weighted by Crippen LogP contribution is -2.53. The molecule has 170 valence electrons. The van der Waals surface area contributed by atoms with Crippen LogP contribution in [-0.2, 0) is 14.3 Å². The minimum Gasteiger partial charge on any atom is -0.480 e. The van der Waals surface area contributed by atoms with Crippen LogP contribution in [-0.4, -0.2) is 65.4 Å². The summed E-state index contributed by atoms with van der Waals surface area (Å²) in [5.41, 5.74) is 4.38. The third-order valence-electron chi connectivity index (χ3n) is 5.56. The van der Waals surface area contributed by atoms with Crippen LogP contribution in [0.25, 0.3) is 11.1 Å². The molecule has 0 heterocycles. The number of nitrogens with zero attached hydrogens (tertiary/aromatic N) is 1. The topological polar surface area (TPSA) is 116 Å². The summed E-state index contributed by atoms with van der Waals surface area (Å²) < 4.78 is 5.50. The van der Waals surface area contributed by atoms with Crippen LogP contribution in [0.1, 0.15) is 30.9 Å². The molecule has 0 spiro atoms. The van der Waals surface area contributed by atoms with Gasteiger partial charge in [0, 0.05) is 12.5 Å². The van der Waals surface area contributed by atoms with E-state index in [2.05, 4.69) is 5.32 Å². The fourth-order valence-corrected chi connectivity index (χ4v) is 4.03. The van der Waals surface area contributed by atoms with E-state index in [4.69, 9.17) is 14.9 Å². The number of carbonyl (C=O) groups is 3. The van der Waals surface area contributed by atoms with Crippen LogP contribution >= 0.6 is 0 Å². The molecule has 0 radical (unpaired) electrons. The highest BCUT2D eigenvalue weighted by Crippen LogP contribution is 2.44. The number of aliphatic hydroxyl groups excluding tert-OH is 1. The first-order chi connectivity index (χ1) is 15.3. The molecule has 8 heteroatoms. The first-order valence-electron chi connectivity index (χ1n) is 10.6. The van der Waals surface area contributed by atoms with E-state index >= 15 is 0 Å². The summed E-state index contributed by atoms with van der Waals surface area (Å²) in [4.78, 5) is 37.5. The van der Waals surface area contributed by atoms with E-state index in [0.717, 1.165) is 27.2 Å². The molecule has 8 nitrogen and oxygen atoms in total. The predicted octanol–water partition coefficient (Wildman–Crippen LogP) is 2.46. The summed E-state index contributed by atoms with van der Waals surface area (Å²) in [7, 11) is 0.